The smallest absolute Gasteiger partial charge is 0.262 e. The Morgan fingerprint density at radius 3 is 2.45 bits per heavy atom. The van der Waals surface area contributed by atoms with Crippen molar-refractivity contribution in [1.82, 2.24) is 5.32 Å². The summed E-state index contributed by atoms with van der Waals surface area (Å²) >= 11 is 3.60. The van der Waals surface area contributed by atoms with Gasteiger partial charge in [0.25, 0.3) is 5.91 Å². The van der Waals surface area contributed by atoms with E-state index < -0.39 is 0 Å². The summed E-state index contributed by atoms with van der Waals surface area (Å²) in [7, 11) is 0. The van der Waals surface area contributed by atoms with Crippen molar-refractivity contribution in [2.45, 2.75) is 40.7 Å². The van der Waals surface area contributed by atoms with E-state index in [9.17, 15) is 4.79 Å². The van der Waals surface area contributed by atoms with E-state index >= 15 is 0 Å². The highest BCUT2D eigenvalue weighted by Crippen LogP contribution is 2.34. The van der Waals surface area contributed by atoms with Crippen LogP contribution in [-0.2, 0) is 11.3 Å². The summed E-state index contributed by atoms with van der Waals surface area (Å²) in [5.74, 6) is 1.64. The van der Waals surface area contributed by atoms with Gasteiger partial charge in [0.1, 0.15) is 0 Å². The molecule has 29 heavy (non-hydrogen) atoms. The molecule has 0 heterocycles. The van der Waals surface area contributed by atoms with Gasteiger partial charge in [-0.1, -0.05) is 47.5 Å². The van der Waals surface area contributed by atoms with Gasteiger partial charge in [-0.3, -0.25) is 4.79 Å². The van der Waals surface area contributed by atoms with Crippen molar-refractivity contribution in [2.75, 3.05) is 25.1 Å². The number of rotatable bonds is 11. The van der Waals surface area contributed by atoms with Crippen LogP contribution in [0.1, 0.15) is 38.3 Å². The third-order valence-corrected chi connectivity index (χ3v) is 5.06. The number of hydrogen-bond donors (Lipinski definition) is 2. The maximum atomic E-state index is 12.2. The maximum absolute atomic E-state index is 12.2. The number of halogens is 1. The molecule has 0 aliphatic rings. The largest absolute Gasteiger partial charge is 0.490 e. The molecular weight excluding hydrogens is 432 g/mol. The van der Waals surface area contributed by atoms with Crippen molar-refractivity contribution < 1.29 is 14.3 Å². The molecule has 158 valence electrons. The number of carbonyl (C=O) groups excluding carboxylic acids is 1. The number of benzene rings is 2. The van der Waals surface area contributed by atoms with E-state index in [0.29, 0.717) is 24.0 Å². The number of aryl methyl sites for hydroxylation is 1. The lowest BCUT2D eigenvalue weighted by Gasteiger charge is -2.16. The van der Waals surface area contributed by atoms with E-state index in [1.807, 2.05) is 50.2 Å². The van der Waals surface area contributed by atoms with Crippen LogP contribution < -0.4 is 20.1 Å². The molecule has 0 saturated carbocycles. The molecule has 0 aliphatic heterocycles. The highest BCUT2D eigenvalue weighted by Gasteiger charge is 2.13. The predicted molar refractivity (Wildman–Crippen MR) is 122 cm³/mol. The molecule has 0 atom stereocenters. The molecule has 0 bridgehead atoms. The van der Waals surface area contributed by atoms with Crippen molar-refractivity contribution in [3.8, 4) is 11.5 Å². The van der Waals surface area contributed by atoms with Crippen LogP contribution in [0.4, 0.5) is 5.69 Å². The Morgan fingerprint density at radius 2 is 1.79 bits per heavy atom. The number of hydrogen-bond acceptors (Lipinski definition) is 4. The van der Waals surface area contributed by atoms with E-state index in [4.69, 9.17) is 9.47 Å². The average molecular weight is 463 g/mol. The third kappa shape index (κ3) is 8.07. The van der Waals surface area contributed by atoms with Crippen molar-refractivity contribution >= 4 is 27.5 Å². The maximum Gasteiger partial charge on any atom is 0.262 e. The van der Waals surface area contributed by atoms with Gasteiger partial charge in [0.05, 0.1) is 6.61 Å². The summed E-state index contributed by atoms with van der Waals surface area (Å²) in [6, 6.07) is 11.5. The van der Waals surface area contributed by atoms with E-state index in [-0.39, 0.29) is 12.5 Å². The molecule has 0 radical (unpaired) electrons. The molecule has 0 unspecified atom stereocenters. The van der Waals surface area contributed by atoms with E-state index in [2.05, 4.69) is 40.4 Å². The average Bonchev–Trinajstić information content (AvgIpc) is 2.67. The summed E-state index contributed by atoms with van der Waals surface area (Å²) < 4.78 is 12.4. The van der Waals surface area contributed by atoms with E-state index in [1.165, 1.54) is 0 Å². The Balaban J connectivity index is 1.98. The summed E-state index contributed by atoms with van der Waals surface area (Å²) in [6.45, 7) is 10.5. The molecule has 5 nitrogen and oxygen atoms in total. The number of nitrogens with one attached hydrogen (secondary N) is 2. The summed E-state index contributed by atoms with van der Waals surface area (Å²) in [6.07, 6.45) is 1.13. The number of amides is 1. The minimum Gasteiger partial charge on any atom is -0.490 e. The Kier molecular flexibility index (Phi) is 9.48. The molecule has 1 amide bonds. The first-order valence-electron chi connectivity index (χ1n) is 10.0. The Morgan fingerprint density at radius 1 is 1.10 bits per heavy atom. The van der Waals surface area contributed by atoms with Gasteiger partial charge in [0.15, 0.2) is 18.1 Å². The fraction of sp³-hybridized carbons (Fsp3) is 0.435. The second kappa shape index (κ2) is 11.8. The van der Waals surface area contributed by atoms with Crippen molar-refractivity contribution in [3.63, 3.8) is 0 Å². The van der Waals surface area contributed by atoms with Gasteiger partial charge >= 0.3 is 0 Å². The van der Waals surface area contributed by atoms with Crippen molar-refractivity contribution in [1.29, 1.82) is 0 Å². The van der Waals surface area contributed by atoms with Crippen LogP contribution in [0.5, 0.6) is 11.5 Å². The molecular formula is C23H31BrN2O3. The fourth-order valence-corrected chi connectivity index (χ4v) is 3.15. The molecule has 0 aromatic heterocycles. The highest BCUT2D eigenvalue weighted by atomic mass is 79.9. The van der Waals surface area contributed by atoms with Crippen molar-refractivity contribution in [3.05, 3.63) is 52.0 Å². The minimum atomic E-state index is -0.216. The second-order valence-corrected chi connectivity index (χ2v) is 8.24. The van der Waals surface area contributed by atoms with Gasteiger partial charge in [0, 0.05) is 16.7 Å². The SMILES string of the molecule is CCOc1cc(CNCCC(C)C)c(Br)cc1OCC(=O)Nc1ccc(C)cc1. The lowest BCUT2D eigenvalue weighted by Crippen LogP contribution is -2.20. The monoisotopic (exact) mass is 462 g/mol. The molecule has 0 aliphatic carbocycles. The molecule has 0 fully saturated rings. The first-order valence-corrected chi connectivity index (χ1v) is 10.8. The molecule has 2 rings (SSSR count). The number of anilines is 1. The van der Waals surface area contributed by atoms with Crippen LogP contribution in [0.15, 0.2) is 40.9 Å². The second-order valence-electron chi connectivity index (χ2n) is 7.39. The van der Waals surface area contributed by atoms with Crippen LogP contribution in [0.25, 0.3) is 0 Å². The highest BCUT2D eigenvalue weighted by molar-refractivity contribution is 9.10. The van der Waals surface area contributed by atoms with E-state index in [1.54, 1.807) is 0 Å². The third-order valence-electron chi connectivity index (χ3n) is 4.32. The van der Waals surface area contributed by atoms with Gasteiger partial charge < -0.3 is 20.1 Å². The number of carbonyl (C=O) groups is 1. The molecule has 2 aromatic rings. The zero-order valence-corrected chi connectivity index (χ0v) is 19.3. The molecule has 0 saturated heterocycles. The van der Waals surface area contributed by atoms with Crippen LogP contribution in [-0.4, -0.2) is 25.7 Å². The van der Waals surface area contributed by atoms with Crippen LogP contribution in [0.3, 0.4) is 0 Å². The first kappa shape index (κ1) is 23.2. The zero-order valence-electron chi connectivity index (χ0n) is 17.7. The molecule has 2 N–H and O–H groups in total. The Hall–Kier alpha value is -2.05. The van der Waals surface area contributed by atoms with Gasteiger partial charge in [-0.25, -0.2) is 0 Å². The van der Waals surface area contributed by atoms with Crippen molar-refractivity contribution in [2.24, 2.45) is 5.92 Å². The van der Waals surface area contributed by atoms with Crippen LogP contribution in [0.2, 0.25) is 0 Å². The molecule has 6 heteroatoms. The normalized spacial score (nSPS) is 10.8. The topological polar surface area (TPSA) is 59.6 Å². The van der Waals surface area contributed by atoms with Gasteiger partial charge in [0.2, 0.25) is 0 Å². The van der Waals surface area contributed by atoms with Gasteiger partial charge in [-0.15, -0.1) is 0 Å². The lowest BCUT2D eigenvalue weighted by molar-refractivity contribution is -0.118. The first-order chi connectivity index (χ1) is 13.9. The Bertz CT molecular complexity index is 791. The fourth-order valence-electron chi connectivity index (χ4n) is 2.68. The summed E-state index contributed by atoms with van der Waals surface area (Å²) in [5, 5.41) is 6.29. The minimum absolute atomic E-state index is 0.0909. The molecule has 0 spiro atoms. The van der Waals surface area contributed by atoms with E-state index in [0.717, 1.165) is 40.8 Å². The van der Waals surface area contributed by atoms with Gasteiger partial charge in [-0.05, 0) is 62.6 Å². The summed E-state index contributed by atoms with van der Waals surface area (Å²) in [5.41, 5.74) is 2.98. The van der Waals surface area contributed by atoms with Crippen LogP contribution in [0, 0.1) is 12.8 Å². The van der Waals surface area contributed by atoms with Gasteiger partial charge in [-0.2, -0.15) is 0 Å². The van der Waals surface area contributed by atoms with Crippen LogP contribution >= 0.6 is 15.9 Å². The summed E-state index contributed by atoms with van der Waals surface area (Å²) in [4.78, 5) is 12.2. The lowest BCUT2D eigenvalue weighted by atomic mass is 10.1. The zero-order chi connectivity index (χ0) is 21.2. The number of ether oxygens (including phenoxy) is 2. The predicted octanol–water partition coefficient (Wildman–Crippen LogP) is 5.31. The molecule has 2 aromatic carbocycles. The quantitative estimate of drug-likeness (QED) is 0.444. The Labute approximate surface area is 182 Å². The standard InChI is InChI=1S/C23H31BrN2O3/c1-5-28-21-12-18(14-25-11-10-16(2)3)20(24)13-22(21)29-15-23(27)26-19-8-6-17(4)7-9-19/h6-9,12-13,16,25H,5,10-11,14-15H2,1-4H3,(H,26,27).